The molecule has 1 heterocycles. The summed E-state index contributed by atoms with van der Waals surface area (Å²) in [6.07, 6.45) is 1.93. The highest BCUT2D eigenvalue weighted by Crippen LogP contribution is 2.30. The van der Waals surface area contributed by atoms with Crippen molar-refractivity contribution in [3.8, 4) is 0 Å². The lowest BCUT2D eigenvalue weighted by Gasteiger charge is -2.11. The molecule has 0 spiro atoms. The molecule has 1 saturated carbocycles. The Kier molecular flexibility index (Phi) is 6.13. The smallest absolute Gasteiger partial charge is 0.257 e. The number of nitrogens with one attached hydrogen (secondary N) is 2. The predicted molar refractivity (Wildman–Crippen MR) is 129 cm³/mol. The summed E-state index contributed by atoms with van der Waals surface area (Å²) in [5.74, 6) is 0.647. The highest BCUT2D eigenvalue weighted by atomic mass is 32.2. The third-order valence-electron chi connectivity index (χ3n) is 5.48. The fourth-order valence-corrected chi connectivity index (χ4v) is 4.39. The number of fused-ring (bicyclic) bond motifs is 1. The molecular formula is C26H23N3O3S. The van der Waals surface area contributed by atoms with Gasteiger partial charge in [-0.15, -0.1) is 0 Å². The number of hydrogen-bond donors (Lipinski definition) is 2. The van der Waals surface area contributed by atoms with Crippen LogP contribution in [0.2, 0.25) is 0 Å². The molecule has 166 valence electrons. The zero-order valence-corrected chi connectivity index (χ0v) is 18.7. The zero-order valence-electron chi connectivity index (χ0n) is 17.9. The van der Waals surface area contributed by atoms with Gasteiger partial charge in [0.1, 0.15) is 5.52 Å². The van der Waals surface area contributed by atoms with E-state index in [2.05, 4.69) is 15.6 Å². The molecule has 0 unspecified atom stereocenters. The Bertz CT molecular complexity index is 1280. The van der Waals surface area contributed by atoms with Gasteiger partial charge in [-0.05, 0) is 54.3 Å². The molecule has 33 heavy (non-hydrogen) atoms. The van der Waals surface area contributed by atoms with Crippen molar-refractivity contribution in [2.45, 2.75) is 30.4 Å². The van der Waals surface area contributed by atoms with Gasteiger partial charge in [0.15, 0.2) is 5.58 Å². The molecule has 0 saturated heterocycles. The number of thioether (sulfide) groups is 1. The van der Waals surface area contributed by atoms with Crippen LogP contribution in [0.15, 0.2) is 82.4 Å². The maximum absolute atomic E-state index is 12.9. The number of anilines is 1. The third-order valence-corrected chi connectivity index (χ3v) is 6.36. The van der Waals surface area contributed by atoms with Gasteiger partial charge in [0.2, 0.25) is 5.91 Å². The Labute approximate surface area is 195 Å². The lowest BCUT2D eigenvalue weighted by atomic mass is 10.1. The molecule has 2 amide bonds. The van der Waals surface area contributed by atoms with Crippen molar-refractivity contribution in [2.75, 3.05) is 5.32 Å². The van der Waals surface area contributed by atoms with E-state index in [1.165, 1.54) is 11.8 Å². The van der Waals surface area contributed by atoms with Crippen molar-refractivity contribution in [2.24, 2.45) is 5.92 Å². The lowest BCUT2D eigenvalue weighted by molar-refractivity contribution is -0.117. The summed E-state index contributed by atoms with van der Waals surface area (Å²) in [6.45, 7) is 0.374. The Morgan fingerprint density at radius 1 is 1.00 bits per heavy atom. The number of carbonyl (C=O) groups is 2. The molecule has 3 aromatic carbocycles. The molecule has 1 aliphatic carbocycles. The monoisotopic (exact) mass is 457 g/mol. The standard InChI is InChI=1S/C26H23N3O3S/c30-24(18-12-13-18)28-20-8-5-6-17(14-20)15-27-25(31)21-9-2-1-7-19(21)16-33-26-29-22-10-3-4-11-23(22)32-26/h1-11,14,18H,12-13,15-16H2,(H,27,31)(H,28,30). The fourth-order valence-electron chi connectivity index (χ4n) is 3.55. The minimum absolute atomic E-state index is 0.0709. The predicted octanol–water partition coefficient (Wildman–Crippen LogP) is 5.40. The minimum atomic E-state index is -0.142. The normalized spacial score (nSPS) is 13.1. The molecule has 0 atom stereocenters. The molecule has 1 aromatic heterocycles. The van der Waals surface area contributed by atoms with Gasteiger partial charge in [0.05, 0.1) is 0 Å². The van der Waals surface area contributed by atoms with Crippen LogP contribution in [0.1, 0.15) is 34.3 Å². The number of para-hydroxylation sites is 2. The van der Waals surface area contributed by atoms with Crippen LogP contribution in [0.4, 0.5) is 5.69 Å². The molecule has 7 heteroatoms. The zero-order chi connectivity index (χ0) is 22.6. The van der Waals surface area contributed by atoms with Crippen molar-refractivity contribution in [3.05, 3.63) is 89.5 Å². The molecule has 4 aromatic rings. The summed E-state index contributed by atoms with van der Waals surface area (Å²) in [5, 5.41) is 6.52. The quantitative estimate of drug-likeness (QED) is 0.346. The largest absolute Gasteiger partial charge is 0.431 e. The summed E-state index contributed by atoms with van der Waals surface area (Å²) < 4.78 is 5.77. The Morgan fingerprint density at radius 3 is 2.67 bits per heavy atom. The first-order valence-electron chi connectivity index (χ1n) is 10.9. The van der Waals surface area contributed by atoms with Crippen LogP contribution in [-0.4, -0.2) is 16.8 Å². The van der Waals surface area contributed by atoms with E-state index in [9.17, 15) is 9.59 Å². The van der Waals surface area contributed by atoms with E-state index in [1.54, 1.807) is 0 Å². The van der Waals surface area contributed by atoms with E-state index < -0.39 is 0 Å². The Balaban J connectivity index is 1.21. The first-order valence-corrected chi connectivity index (χ1v) is 11.9. The van der Waals surface area contributed by atoms with Crippen LogP contribution < -0.4 is 10.6 Å². The maximum Gasteiger partial charge on any atom is 0.257 e. The highest BCUT2D eigenvalue weighted by molar-refractivity contribution is 7.98. The number of nitrogens with zero attached hydrogens (tertiary/aromatic N) is 1. The van der Waals surface area contributed by atoms with E-state index in [-0.39, 0.29) is 17.7 Å². The van der Waals surface area contributed by atoms with Crippen molar-refractivity contribution in [1.29, 1.82) is 0 Å². The van der Waals surface area contributed by atoms with E-state index in [0.717, 1.165) is 40.8 Å². The summed E-state index contributed by atoms with van der Waals surface area (Å²) in [4.78, 5) is 29.4. The van der Waals surface area contributed by atoms with E-state index in [1.807, 2.05) is 72.8 Å². The SMILES string of the molecule is O=C(NCc1cccc(NC(=O)C2CC2)c1)c1ccccc1CSc1nc2ccccc2o1. The molecule has 0 radical (unpaired) electrons. The second kappa shape index (κ2) is 9.50. The number of oxazole rings is 1. The van der Waals surface area contributed by atoms with Gasteiger partial charge in [0, 0.05) is 29.5 Å². The van der Waals surface area contributed by atoms with Gasteiger partial charge in [-0.1, -0.05) is 54.2 Å². The number of rotatable bonds is 8. The number of aromatic nitrogens is 1. The number of amides is 2. The summed E-state index contributed by atoms with van der Waals surface area (Å²) >= 11 is 1.46. The van der Waals surface area contributed by atoms with Crippen molar-refractivity contribution in [3.63, 3.8) is 0 Å². The minimum Gasteiger partial charge on any atom is -0.431 e. The molecule has 1 fully saturated rings. The van der Waals surface area contributed by atoms with Crippen LogP contribution in [0.5, 0.6) is 0 Å². The third kappa shape index (κ3) is 5.26. The molecule has 1 aliphatic rings. The maximum atomic E-state index is 12.9. The lowest BCUT2D eigenvalue weighted by Crippen LogP contribution is -2.24. The van der Waals surface area contributed by atoms with Crippen molar-refractivity contribution in [1.82, 2.24) is 10.3 Å². The first-order chi connectivity index (χ1) is 16.2. The number of benzene rings is 3. The van der Waals surface area contributed by atoms with E-state index in [0.29, 0.717) is 23.1 Å². The topological polar surface area (TPSA) is 84.2 Å². The van der Waals surface area contributed by atoms with Gasteiger partial charge in [-0.25, -0.2) is 4.98 Å². The summed E-state index contributed by atoms with van der Waals surface area (Å²) in [5.41, 5.74) is 4.79. The Hall–Kier alpha value is -3.58. The first kappa shape index (κ1) is 21.3. The van der Waals surface area contributed by atoms with Crippen molar-refractivity contribution >= 4 is 40.4 Å². The van der Waals surface area contributed by atoms with E-state index >= 15 is 0 Å². The van der Waals surface area contributed by atoms with Crippen LogP contribution in [0.3, 0.4) is 0 Å². The van der Waals surface area contributed by atoms with Gasteiger partial charge < -0.3 is 15.1 Å². The summed E-state index contributed by atoms with van der Waals surface area (Å²) in [6, 6.07) is 22.8. The van der Waals surface area contributed by atoms with Gasteiger partial charge in [-0.2, -0.15) is 0 Å². The molecule has 2 N–H and O–H groups in total. The number of hydrogen-bond acceptors (Lipinski definition) is 5. The van der Waals surface area contributed by atoms with Gasteiger partial charge in [0.25, 0.3) is 11.1 Å². The molecule has 0 aliphatic heterocycles. The molecule has 5 rings (SSSR count). The highest BCUT2D eigenvalue weighted by Gasteiger charge is 2.29. The number of carbonyl (C=O) groups excluding carboxylic acids is 2. The average molecular weight is 458 g/mol. The van der Waals surface area contributed by atoms with Gasteiger partial charge in [-0.3, -0.25) is 9.59 Å². The second-order valence-corrected chi connectivity index (χ2v) is 8.97. The van der Waals surface area contributed by atoms with E-state index in [4.69, 9.17) is 4.42 Å². The molecular weight excluding hydrogens is 434 g/mol. The fraction of sp³-hybridized carbons (Fsp3) is 0.192. The Morgan fingerprint density at radius 2 is 1.82 bits per heavy atom. The van der Waals surface area contributed by atoms with Gasteiger partial charge >= 0.3 is 0 Å². The van der Waals surface area contributed by atoms with Crippen molar-refractivity contribution < 1.29 is 14.0 Å². The molecule has 6 nitrogen and oxygen atoms in total. The summed E-state index contributed by atoms with van der Waals surface area (Å²) in [7, 11) is 0. The van der Waals surface area contributed by atoms with Crippen LogP contribution in [0.25, 0.3) is 11.1 Å². The second-order valence-electron chi connectivity index (χ2n) is 8.04. The molecule has 0 bridgehead atoms. The van der Waals surface area contributed by atoms with Crippen LogP contribution in [0, 0.1) is 5.92 Å². The van der Waals surface area contributed by atoms with Crippen LogP contribution in [-0.2, 0) is 17.1 Å². The van der Waals surface area contributed by atoms with Crippen LogP contribution >= 0.6 is 11.8 Å². The average Bonchev–Trinajstić information content (AvgIpc) is 3.61.